The van der Waals surface area contributed by atoms with E-state index in [1.54, 1.807) is 0 Å². The molecule has 1 amide bonds. The molecule has 2 heterocycles. The third-order valence-electron chi connectivity index (χ3n) is 5.10. The summed E-state index contributed by atoms with van der Waals surface area (Å²) in [5.41, 5.74) is 3.00. The number of aromatic nitrogens is 2. The van der Waals surface area contributed by atoms with Gasteiger partial charge in [-0.3, -0.25) is 9.78 Å². The Balaban J connectivity index is 1.54. The van der Waals surface area contributed by atoms with Gasteiger partial charge in [-0.2, -0.15) is 0 Å². The van der Waals surface area contributed by atoms with Crippen LogP contribution in [0.4, 0.5) is 0 Å². The molecule has 5 heteroatoms. The Labute approximate surface area is 152 Å². The Morgan fingerprint density at radius 1 is 1.00 bits per heavy atom. The van der Waals surface area contributed by atoms with Crippen molar-refractivity contribution in [2.75, 3.05) is 19.8 Å². The Morgan fingerprint density at radius 2 is 1.69 bits per heavy atom. The summed E-state index contributed by atoms with van der Waals surface area (Å²) < 4.78 is 5.55. The van der Waals surface area contributed by atoms with Gasteiger partial charge in [0.1, 0.15) is 5.69 Å². The van der Waals surface area contributed by atoms with E-state index in [-0.39, 0.29) is 11.3 Å². The van der Waals surface area contributed by atoms with Gasteiger partial charge in [-0.25, -0.2) is 4.98 Å². The van der Waals surface area contributed by atoms with Crippen LogP contribution >= 0.6 is 0 Å². The monoisotopic (exact) mass is 347 g/mol. The molecule has 1 N–H and O–H groups in total. The van der Waals surface area contributed by atoms with Crippen LogP contribution in [0.2, 0.25) is 0 Å². The van der Waals surface area contributed by atoms with Crippen molar-refractivity contribution in [2.24, 2.45) is 0 Å². The maximum atomic E-state index is 12.7. The van der Waals surface area contributed by atoms with Gasteiger partial charge in [0.15, 0.2) is 0 Å². The molecule has 132 valence electrons. The number of nitrogens with zero attached hydrogens (tertiary/aromatic N) is 2. The van der Waals surface area contributed by atoms with Crippen molar-refractivity contribution < 1.29 is 9.53 Å². The molecular formula is C21H21N3O2. The molecule has 1 aliphatic rings. The van der Waals surface area contributed by atoms with E-state index in [2.05, 4.69) is 27.4 Å². The number of amides is 1. The number of rotatable bonds is 4. The predicted octanol–water partition coefficient (Wildman–Crippen LogP) is 3.11. The van der Waals surface area contributed by atoms with E-state index in [0.29, 0.717) is 25.5 Å². The van der Waals surface area contributed by atoms with E-state index >= 15 is 0 Å². The highest BCUT2D eigenvalue weighted by Crippen LogP contribution is 2.34. The topological polar surface area (TPSA) is 64.1 Å². The molecule has 0 aliphatic carbocycles. The maximum Gasteiger partial charge on any atom is 0.271 e. The van der Waals surface area contributed by atoms with E-state index in [1.807, 2.05) is 42.5 Å². The molecule has 1 aliphatic heterocycles. The van der Waals surface area contributed by atoms with E-state index < -0.39 is 0 Å². The Morgan fingerprint density at radius 3 is 2.46 bits per heavy atom. The van der Waals surface area contributed by atoms with E-state index in [0.717, 1.165) is 23.9 Å². The molecule has 1 fully saturated rings. The summed E-state index contributed by atoms with van der Waals surface area (Å²) in [7, 11) is 0. The first-order valence-corrected chi connectivity index (χ1v) is 8.90. The minimum absolute atomic E-state index is 0.0978. The number of carbonyl (C=O) groups excluding carboxylic acids is 1. The zero-order valence-corrected chi connectivity index (χ0v) is 14.5. The zero-order valence-electron chi connectivity index (χ0n) is 14.5. The lowest BCUT2D eigenvalue weighted by atomic mass is 9.74. The summed E-state index contributed by atoms with van der Waals surface area (Å²) in [4.78, 5) is 21.4. The lowest BCUT2D eigenvalue weighted by Gasteiger charge is -2.37. The standard InChI is InChI=1S/C21H21N3O2/c25-20(19-14-22-17-8-4-5-9-18(17)24-19)23-15-21(10-12-26-13-11-21)16-6-2-1-3-7-16/h1-9,14H,10-13,15H2,(H,23,25). The van der Waals surface area contributed by atoms with Crippen LogP contribution in [-0.4, -0.2) is 35.6 Å². The van der Waals surface area contributed by atoms with Crippen LogP contribution in [0.25, 0.3) is 11.0 Å². The van der Waals surface area contributed by atoms with Crippen LogP contribution in [0.5, 0.6) is 0 Å². The third-order valence-corrected chi connectivity index (χ3v) is 5.10. The second-order valence-electron chi connectivity index (χ2n) is 6.69. The van der Waals surface area contributed by atoms with Gasteiger partial charge in [-0.05, 0) is 30.5 Å². The lowest BCUT2D eigenvalue weighted by Crippen LogP contribution is -2.44. The molecule has 5 nitrogen and oxygen atoms in total. The van der Waals surface area contributed by atoms with E-state index in [1.165, 1.54) is 11.8 Å². The highest BCUT2D eigenvalue weighted by molar-refractivity contribution is 5.93. The van der Waals surface area contributed by atoms with Crippen LogP contribution in [-0.2, 0) is 10.2 Å². The zero-order chi connectivity index (χ0) is 17.8. The number of carbonyl (C=O) groups is 1. The number of ether oxygens (including phenoxy) is 1. The summed E-state index contributed by atoms with van der Waals surface area (Å²) in [5, 5.41) is 3.08. The van der Waals surface area contributed by atoms with Gasteiger partial charge >= 0.3 is 0 Å². The van der Waals surface area contributed by atoms with E-state index in [4.69, 9.17) is 4.74 Å². The summed E-state index contributed by atoms with van der Waals surface area (Å²) in [6.45, 7) is 1.98. The largest absolute Gasteiger partial charge is 0.381 e. The number of hydrogen-bond acceptors (Lipinski definition) is 4. The number of nitrogens with one attached hydrogen (secondary N) is 1. The molecule has 0 unspecified atom stereocenters. The Kier molecular flexibility index (Phi) is 4.63. The molecule has 0 spiro atoms. The minimum atomic E-state index is -0.190. The molecule has 4 rings (SSSR count). The van der Waals surface area contributed by atoms with Crippen molar-refractivity contribution in [1.29, 1.82) is 0 Å². The third kappa shape index (κ3) is 3.30. The lowest BCUT2D eigenvalue weighted by molar-refractivity contribution is 0.0486. The van der Waals surface area contributed by atoms with Crippen molar-refractivity contribution in [3.05, 3.63) is 72.1 Å². The Hall–Kier alpha value is -2.79. The number of para-hydroxylation sites is 2. The molecule has 26 heavy (non-hydrogen) atoms. The van der Waals surface area contributed by atoms with Crippen molar-refractivity contribution in [3.8, 4) is 0 Å². The smallest absolute Gasteiger partial charge is 0.271 e. The van der Waals surface area contributed by atoms with Gasteiger partial charge in [0.25, 0.3) is 5.91 Å². The average molecular weight is 347 g/mol. The fourth-order valence-electron chi connectivity index (χ4n) is 3.53. The van der Waals surface area contributed by atoms with Crippen LogP contribution in [0.1, 0.15) is 28.9 Å². The summed E-state index contributed by atoms with van der Waals surface area (Å²) in [5.74, 6) is -0.190. The number of fused-ring (bicyclic) bond motifs is 1. The molecule has 1 saturated heterocycles. The van der Waals surface area contributed by atoms with Crippen LogP contribution < -0.4 is 5.32 Å². The SMILES string of the molecule is O=C(NCC1(c2ccccc2)CCOCC1)c1cnc2ccccc2n1. The highest BCUT2D eigenvalue weighted by atomic mass is 16.5. The quantitative estimate of drug-likeness (QED) is 0.788. The molecular weight excluding hydrogens is 326 g/mol. The Bertz CT molecular complexity index is 905. The van der Waals surface area contributed by atoms with E-state index in [9.17, 15) is 4.79 Å². The summed E-state index contributed by atoms with van der Waals surface area (Å²) >= 11 is 0. The van der Waals surface area contributed by atoms with Crippen molar-refractivity contribution in [1.82, 2.24) is 15.3 Å². The van der Waals surface area contributed by atoms with Gasteiger partial charge in [0.05, 0.1) is 17.2 Å². The normalized spacial score (nSPS) is 16.3. The maximum absolute atomic E-state index is 12.7. The number of benzene rings is 2. The minimum Gasteiger partial charge on any atom is -0.381 e. The van der Waals surface area contributed by atoms with Gasteiger partial charge in [0, 0.05) is 25.2 Å². The molecule has 2 aromatic carbocycles. The summed E-state index contributed by atoms with van der Waals surface area (Å²) in [6.07, 6.45) is 3.32. The summed E-state index contributed by atoms with van der Waals surface area (Å²) in [6, 6.07) is 17.9. The van der Waals surface area contributed by atoms with Crippen molar-refractivity contribution >= 4 is 16.9 Å². The average Bonchev–Trinajstić information content (AvgIpc) is 2.73. The first-order valence-electron chi connectivity index (χ1n) is 8.90. The van der Waals surface area contributed by atoms with Gasteiger partial charge in [-0.1, -0.05) is 42.5 Å². The van der Waals surface area contributed by atoms with Crippen LogP contribution in [0.3, 0.4) is 0 Å². The van der Waals surface area contributed by atoms with Gasteiger partial charge in [-0.15, -0.1) is 0 Å². The van der Waals surface area contributed by atoms with Crippen LogP contribution in [0, 0.1) is 0 Å². The first-order chi connectivity index (χ1) is 12.8. The molecule has 0 saturated carbocycles. The molecule has 3 aromatic rings. The van der Waals surface area contributed by atoms with Gasteiger partial charge < -0.3 is 10.1 Å². The van der Waals surface area contributed by atoms with Gasteiger partial charge in [0.2, 0.25) is 0 Å². The molecule has 1 aromatic heterocycles. The molecule has 0 radical (unpaired) electrons. The fourth-order valence-corrected chi connectivity index (χ4v) is 3.53. The molecule has 0 bridgehead atoms. The molecule has 0 atom stereocenters. The predicted molar refractivity (Wildman–Crippen MR) is 100 cm³/mol. The first kappa shape index (κ1) is 16.7. The van der Waals surface area contributed by atoms with Crippen LogP contribution in [0.15, 0.2) is 60.8 Å². The van der Waals surface area contributed by atoms with Crippen molar-refractivity contribution in [3.63, 3.8) is 0 Å². The second kappa shape index (κ2) is 7.22. The number of hydrogen-bond donors (Lipinski definition) is 1. The second-order valence-corrected chi connectivity index (χ2v) is 6.69. The highest BCUT2D eigenvalue weighted by Gasteiger charge is 2.34. The van der Waals surface area contributed by atoms with Crippen molar-refractivity contribution in [2.45, 2.75) is 18.3 Å². The fraction of sp³-hybridized carbons (Fsp3) is 0.286.